The summed E-state index contributed by atoms with van der Waals surface area (Å²) in [6, 6.07) is 5.69. The summed E-state index contributed by atoms with van der Waals surface area (Å²) in [5.41, 5.74) is 0. The number of nitrogens with one attached hydrogen (secondary N) is 2. The van der Waals surface area contributed by atoms with Gasteiger partial charge >= 0.3 is 0 Å². The van der Waals surface area contributed by atoms with Gasteiger partial charge in [-0.25, -0.2) is 13.4 Å². The maximum Gasteiger partial charge on any atom is 0.221 e. The van der Waals surface area contributed by atoms with Crippen molar-refractivity contribution in [2.75, 3.05) is 63.1 Å². The molecular weight excluding hydrogens is 441 g/mol. The van der Waals surface area contributed by atoms with E-state index in [1.165, 1.54) is 4.31 Å². The zero-order valence-corrected chi connectivity index (χ0v) is 18.6. The molecule has 166 valence electrons. The molecule has 2 N–H and O–H groups in total. The number of aromatic nitrogens is 1. The summed E-state index contributed by atoms with van der Waals surface area (Å²) in [5, 5.41) is 5.90. The Balaban J connectivity index is 0.00000210. The average Bonchev–Trinajstić information content (AvgIpc) is 2.69. The number of pyridine rings is 1. The molecule has 1 aromatic heterocycles. The number of hydrogen-bond acceptors (Lipinski definition) is 7. The lowest BCUT2D eigenvalue weighted by Gasteiger charge is -2.34. The van der Waals surface area contributed by atoms with E-state index in [2.05, 4.69) is 20.5 Å². The molecule has 12 heteroatoms. The molecule has 0 spiro atoms. The van der Waals surface area contributed by atoms with E-state index in [9.17, 15) is 13.2 Å². The van der Waals surface area contributed by atoms with Gasteiger partial charge in [0, 0.05) is 57.9 Å². The van der Waals surface area contributed by atoms with E-state index < -0.39 is 10.0 Å². The van der Waals surface area contributed by atoms with E-state index in [4.69, 9.17) is 4.74 Å². The predicted molar refractivity (Wildman–Crippen MR) is 117 cm³/mol. The number of rotatable bonds is 7. The van der Waals surface area contributed by atoms with Gasteiger partial charge in [0.1, 0.15) is 5.82 Å². The van der Waals surface area contributed by atoms with E-state index in [0.717, 1.165) is 12.4 Å². The maximum atomic E-state index is 12.5. The zero-order chi connectivity index (χ0) is 19.1. The number of nitrogens with zero attached hydrogens (tertiary/aromatic N) is 3. The molecule has 9 nitrogen and oxygen atoms in total. The minimum Gasteiger partial charge on any atom is -0.378 e. The van der Waals surface area contributed by atoms with Gasteiger partial charge in [-0.15, -0.1) is 24.8 Å². The fourth-order valence-electron chi connectivity index (χ4n) is 3.23. The summed E-state index contributed by atoms with van der Waals surface area (Å²) >= 11 is 0. The number of amides is 1. The molecule has 3 heterocycles. The number of halogens is 2. The summed E-state index contributed by atoms with van der Waals surface area (Å²) < 4.78 is 31.8. The predicted octanol–water partition coefficient (Wildman–Crippen LogP) is -0.128. The molecule has 0 bridgehead atoms. The quantitative estimate of drug-likeness (QED) is 0.572. The Hall–Kier alpha value is -1.17. The topological polar surface area (TPSA) is 104 Å². The van der Waals surface area contributed by atoms with E-state index in [-0.39, 0.29) is 49.1 Å². The summed E-state index contributed by atoms with van der Waals surface area (Å²) in [7, 11) is -3.39. The summed E-state index contributed by atoms with van der Waals surface area (Å²) in [6.07, 6.45) is 2.03. The van der Waals surface area contributed by atoms with Crippen molar-refractivity contribution < 1.29 is 17.9 Å². The third-order valence-corrected chi connectivity index (χ3v) is 6.59. The zero-order valence-electron chi connectivity index (χ0n) is 16.2. The largest absolute Gasteiger partial charge is 0.378 e. The van der Waals surface area contributed by atoms with Crippen LogP contribution in [0.15, 0.2) is 24.4 Å². The van der Waals surface area contributed by atoms with Gasteiger partial charge in [-0.2, -0.15) is 4.31 Å². The number of anilines is 1. The monoisotopic (exact) mass is 469 g/mol. The normalized spacial score (nSPS) is 20.3. The van der Waals surface area contributed by atoms with Gasteiger partial charge in [-0.1, -0.05) is 6.07 Å². The van der Waals surface area contributed by atoms with Crippen LogP contribution in [0.3, 0.4) is 0 Å². The second kappa shape index (κ2) is 12.5. The van der Waals surface area contributed by atoms with Gasteiger partial charge in [0.15, 0.2) is 0 Å². The smallest absolute Gasteiger partial charge is 0.221 e. The van der Waals surface area contributed by atoms with Crippen molar-refractivity contribution in [1.29, 1.82) is 0 Å². The highest BCUT2D eigenvalue weighted by Gasteiger charge is 2.27. The van der Waals surface area contributed by atoms with E-state index in [1.807, 2.05) is 18.2 Å². The summed E-state index contributed by atoms with van der Waals surface area (Å²) in [6.45, 7) is 4.08. The van der Waals surface area contributed by atoms with Gasteiger partial charge in [0.05, 0.1) is 19.0 Å². The van der Waals surface area contributed by atoms with Crippen LogP contribution in [0.4, 0.5) is 5.82 Å². The molecule has 0 aliphatic carbocycles. The number of carbonyl (C=O) groups excluding carboxylic acids is 1. The Morgan fingerprint density at radius 2 is 2.00 bits per heavy atom. The minimum absolute atomic E-state index is 0. The number of morpholine rings is 1. The van der Waals surface area contributed by atoms with Crippen LogP contribution in [0.1, 0.15) is 6.42 Å². The molecule has 1 amide bonds. The average molecular weight is 470 g/mol. The highest BCUT2D eigenvalue weighted by atomic mass is 35.5. The molecule has 1 unspecified atom stereocenters. The van der Waals surface area contributed by atoms with Gasteiger partial charge in [0.25, 0.3) is 0 Å². The lowest BCUT2D eigenvalue weighted by Crippen LogP contribution is -2.50. The van der Waals surface area contributed by atoms with Gasteiger partial charge in [0.2, 0.25) is 15.9 Å². The Kier molecular flexibility index (Phi) is 11.2. The first-order valence-corrected chi connectivity index (χ1v) is 10.9. The second-order valence-electron chi connectivity index (χ2n) is 6.67. The second-order valence-corrected chi connectivity index (χ2v) is 8.76. The lowest BCUT2D eigenvalue weighted by molar-refractivity contribution is -0.122. The molecule has 0 radical (unpaired) electrons. The van der Waals surface area contributed by atoms with Crippen LogP contribution < -0.4 is 15.5 Å². The fraction of sp³-hybridized carbons (Fsp3) is 0.647. The molecule has 2 aliphatic rings. The number of piperazine rings is 1. The van der Waals surface area contributed by atoms with Crippen molar-refractivity contribution in [2.45, 2.75) is 12.5 Å². The third-order valence-electron chi connectivity index (χ3n) is 4.72. The molecule has 0 aromatic carbocycles. The Bertz CT molecular complexity index is 712. The first kappa shape index (κ1) is 25.9. The van der Waals surface area contributed by atoms with Crippen LogP contribution >= 0.6 is 24.8 Å². The third kappa shape index (κ3) is 7.88. The molecule has 2 aliphatic heterocycles. The van der Waals surface area contributed by atoms with E-state index in [0.29, 0.717) is 45.8 Å². The van der Waals surface area contributed by atoms with E-state index in [1.54, 1.807) is 6.20 Å². The van der Waals surface area contributed by atoms with Crippen LogP contribution in [0, 0.1) is 0 Å². The molecule has 1 atom stereocenters. The van der Waals surface area contributed by atoms with Crippen molar-refractivity contribution in [3.05, 3.63) is 24.4 Å². The Labute approximate surface area is 184 Å². The van der Waals surface area contributed by atoms with Crippen LogP contribution in [0.25, 0.3) is 0 Å². The van der Waals surface area contributed by atoms with Gasteiger partial charge in [-0.3, -0.25) is 4.79 Å². The molecule has 2 saturated heterocycles. The number of carbonyl (C=O) groups is 1. The van der Waals surface area contributed by atoms with Crippen LogP contribution in [-0.2, 0) is 19.6 Å². The lowest BCUT2D eigenvalue weighted by atomic mass is 10.2. The standard InChI is InChI=1S/C17H27N5O4S.2ClH/c23-17(13-15-14-26-11-5-18-15)20-6-12-27(24,25)22-9-7-21(8-10-22)16-3-1-2-4-19-16;;/h1-4,15,18H,5-14H2,(H,20,23);2*1H. The fourth-order valence-corrected chi connectivity index (χ4v) is 4.57. The Morgan fingerprint density at radius 3 is 2.62 bits per heavy atom. The van der Waals surface area contributed by atoms with Crippen molar-refractivity contribution in [2.24, 2.45) is 0 Å². The maximum absolute atomic E-state index is 12.5. The van der Waals surface area contributed by atoms with Crippen molar-refractivity contribution >= 4 is 46.6 Å². The van der Waals surface area contributed by atoms with Crippen LogP contribution in [0.2, 0.25) is 0 Å². The van der Waals surface area contributed by atoms with E-state index >= 15 is 0 Å². The SMILES string of the molecule is Cl.Cl.O=C(CC1COCCN1)NCCS(=O)(=O)N1CCN(c2ccccn2)CC1. The molecule has 2 fully saturated rings. The summed E-state index contributed by atoms with van der Waals surface area (Å²) in [5.74, 6) is 0.618. The molecule has 29 heavy (non-hydrogen) atoms. The highest BCUT2D eigenvalue weighted by Crippen LogP contribution is 2.14. The molecule has 1 aromatic rings. The molecule has 0 saturated carbocycles. The van der Waals surface area contributed by atoms with Crippen molar-refractivity contribution in [3.63, 3.8) is 0 Å². The number of sulfonamides is 1. The molecule has 3 rings (SSSR count). The minimum atomic E-state index is -3.39. The first-order valence-electron chi connectivity index (χ1n) is 9.26. The molecular formula is C17H29Cl2N5O4S. The van der Waals surface area contributed by atoms with Crippen LogP contribution in [-0.4, -0.2) is 87.9 Å². The summed E-state index contributed by atoms with van der Waals surface area (Å²) in [4.78, 5) is 18.3. The van der Waals surface area contributed by atoms with Gasteiger partial charge < -0.3 is 20.3 Å². The van der Waals surface area contributed by atoms with Crippen molar-refractivity contribution in [1.82, 2.24) is 19.9 Å². The van der Waals surface area contributed by atoms with Crippen LogP contribution in [0.5, 0.6) is 0 Å². The Morgan fingerprint density at radius 1 is 1.24 bits per heavy atom. The number of ether oxygens (including phenoxy) is 1. The number of hydrogen-bond donors (Lipinski definition) is 2. The van der Waals surface area contributed by atoms with Crippen molar-refractivity contribution in [3.8, 4) is 0 Å². The van der Waals surface area contributed by atoms with Gasteiger partial charge in [-0.05, 0) is 12.1 Å². The first-order chi connectivity index (χ1) is 13.0. The highest BCUT2D eigenvalue weighted by molar-refractivity contribution is 7.89.